The van der Waals surface area contributed by atoms with Crippen molar-refractivity contribution in [3.8, 4) is 0 Å². The van der Waals surface area contributed by atoms with E-state index in [9.17, 15) is 9.00 Å². The molecule has 0 fully saturated rings. The Morgan fingerprint density at radius 3 is 2.62 bits per heavy atom. The van der Waals surface area contributed by atoms with E-state index in [4.69, 9.17) is 22.8 Å². The maximum Gasteiger partial charge on any atom is 0.251 e. The van der Waals surface area contributed by atoms with Gasteiger partial charge in [-0.15, -0.1) is 0 Å². The summed E-state index contributed by atoms with van der Waals surface area (Å²) in [5.74, 6) is -0.134. The fraction of sp³-hybridized carbons (Fsp3) is 0.235. The molecule has 3 rings (SSSR count). The third kappa shape index (κ3) is 4.06. The number of aryl methyl sites for hydroxylation is 1. The van der Waals surface area contributed by atoms with E-state index in [0.717, 1.165) is 23.4 Å². The molecule has 7 heteroatoms. The van der Waals surface area contributed by atoms with Crippen LogP contribution in [0.15, 0.2) is 42.5 Å². The Balaban J connectivity index is 1.70. The minimum Gasteiger partial charge on any atom is -0.345 e. The topological polar surface area (TPSA) is 58.2 Å². The minimum atomic E-state index is -2.49. The summed E-state index contributed by atoms with van der Waals surface area (Å²) in [4.78, 5) is 12.4. The number of nitrogens with one attached hydrogen (secondary N) is 2. The zero-order valence-corrected chi connectivity index (χ0v) is 15.4. The van der Waals surface area contributed by atoms with Gasteiger partial charge in [-0.05, 0) is 60.4 Å². The first-order chi connectivity index (χ1) is 11.3. The number of hydrogen-bond acceptors (Lipinski definition) is 3. The van der Waals surface area contributed by atoms with Gasteiger partial charge in [0.25, 0.3) is 5.91 Å². The number of amides is 1. The molecule has 0 aliphatic heterocycles. The summed E-state index contributed by atoms with van der Waals surface area (Å²) in [7, 11) is -2.49. The van der Waals surface area contributed by atoms with Crippen LogP contribution in [-0.2, 0) is 26.3 Å². The molecule has 2 atom stereocenters. The number of halogens is 1. The molecule has 2 aromatic carbocycles. The predicted molar refractivity (Wildman–Crippen MR) is 101 cm³/mol. The lowest BCUT2D eigenvalue weighted by atomic mass is 10.1. The van der Waals surface area contributed by atoms with Crippen molar-refractivity contribution >= 4 is 43.1 Å². The van der Waals surface area contributed by atoms with Crippen LogP contribution in [0.25, 0.3) is 0 Å². The number of anilines is 1. The maximum atomic E-state index is 12.4. The molecule has 2 aromatic rings. The highest BCUT2D eigenvalue weighted by molar-refractivity contribution is 8.33. The Morgan fingerprint density at radius 1 is 1.25 bits per heavy atom. The van der Waals surface area contributed by atoms with E-state index in [1.807, 2.05) is 18.2 Å². The van der Waals surface area contributed by atoms with E-state index in [2.05, 4.69) is 10.0 Å². The van der Waals surface area contributed by atoms with Gasteiger partial charge in [0.15, 0.2) is 0 Å². The van der Waals surface area contributed by atoms with Gasteiger partial charge in [0, 0.05) is 33.7 Å². The van der Waals surface area contributed by atoms with Crippen LogP contribution in [0.4, 0.5) is 5.69 Å². The number of hydrogen-bond donors (Lipinski definition) is 2. The highest BCUT2D eigenvalue weighted by Gasteiger charge is 2.24. The lowest BCUT2D eigenvalue weighted by molar-refractivity contribution is 0.0937. The van der Waals surface area contributed by atoms with Crippen LogP contribution >= 0.6 is 11.6 Å². The van der Waals surface area contributed by atoms with Gasteiger partial charge < -0.3 is 10.0 Å². The number of rotatable bonds is 4. The predicted octanol–water partition coefficient (Wildman–Crippen LogP) is 3.46. The molecule has 1 aliphatic carbocycles. The Bertz CT molecular complexity index is 880. The third-order valence-electron chi connectivity index (χ3n) is 3.94. The van der Waals surface area contributed by atoms with Crippen molar-refractivity contribution in [3.05, 3.63) is 64.2 Å². The second-order valence-electron chi connectivity index (χ2n) is 5.86. The molecule has 0 aromatic heterocycles. The highest BCUT2D eigenvalue weighted by atomic mass is 35.5. The van der Waals surface area contributed by atoms with Crippen molar-refractivity contribution < 1.29 is 9.00 Å². The van der Waals surface area contributed by atoms with Crippen LogP contribution in [0.3, 0.4) is 0 Å². The van der Waals surface area contributed by atoms with E-state index in [1.165, 1.54) is 11.8 Å². The molecule has 126 valence electrons. The Kier molecular flexibility index (Phi) is 4.80. The van der Waals surface area contributed by atoms with Gasteiger partial charge in [0.1, 0.15) is 8.68 Å². The van der Waals surface area contributed by atoms with Gasteiger partial charge in [-0.25, -0.2) is 4.21 Å². The van der Waals surface area contributed by atoms with Crippen LogP contribution in [0.5, 0.6) is 0 Å². The van der Waals surface area contributed by atoms with Crippen LogP contribution in [0, 0.1) is 0 Å². The molecule has 2 N–H and O–H groups in total. The molecule has 0 heterocycles. The molecule has 0 spiro atoms. The van der Waals surface area contributed by atoms with Crippen molar-refractivity contribution in [2.75, 3.05) is 11.0 Å². The van der Waals surface area contributed by atoms with Gasteiger partial charge in [-0.1, -0.05) is 17.7 Å². The summed E-state index contributed by atoms with van der Waals surface area (Å²) < 4.78 is 14.3. The van der Waals surface area contributed by atoms with Crippen molar-refractivity contribution in [1.29, 1.82) is 0 Å². The van der Waals surface area contributed by atoms with Crippen molar-refractivity contribution in [1.82, 2.24) is 5.32 Å². The fourth-order valence-corrected chi connectivity index (χ4v) is 3.93. The molecule has 0 saturated heterocycles. The molecule has 0 radical (unpaired) electrons. The van der Waals surface area contributed by atoms with Crippen LogP contribution in [-0.4, -0.2) is 16.4 Å². The molecule has 0 saturated carbocycles. The SMILES string of the molecule is CS(=O)(=S)Nc1ccc(C(=O)NC2CCc3cc(Cl)ccc32)cc1. The summed E-state index contributed by atoms with van der Waals surface area (Å²) in [6, 6.07) is 12.6. The third-order valence-corrected chi connectivity index (χ3v) is 5.03. The zero-order chi connectivity index (χ0) is 17.3. The van der Waals surface area contributed by atoms with Gasteiger partial charge in [-0.3, -0.25) is 4.79 Å². The van der Waals surface area contributed by atoms with Gasteiger partial charge in [0.05, 0.1) is 6.04 Å². The van der Waals surface area contributed by atoms with Crippen molar-refractivity contribution in [3.63, 3.8) is 0 Å². The quantitative estimate of drug-likeness (QED) is 0.853. The lowest BCUT2D eigenvalue weighted by Gasteiger charge is -2.14. The van der Waals surface area contributed by atoms with E-state index in [1.54, 1.807) is 24.3 Å². The van der Waals surface area contributed by atoms with Crippen LogP contribution < -0.4 is 10.0 Å². The molecular formula is C17H17ClN2O2S2. The first kappa shape index (κ1) is 17.2. The fourth-order valence-electron chi connectivity index (χ4n) is 2.88. The molecule has 2 unspecified atom stereocenters. The number of carbonyl (C=O) groups is 1. The molecule has 1 amide bonds. The Morgan fingerprint density at radius 2 is 1.96 bits per heavy atom. The van der Waals surface area contributed by atoms with Crippen molar-refractivity contribution in [2.24, 2.45) is 0 Å². The molecule has 24 heavy (non-hydrogen) atoms. The van der Waals surface area contributed by atoms with Gasteiger partial charge in [0.2, 0.25) is 0 Å². The molecule has 4 nitrogen and oxygen atoms in total. The number of carbonyl (C=O) groups excluding carboxylic acids is 1. The second-order valence-corrected chi connectivity index (χ2v) is 9.95. The average molecular weight is 381 g/mol. The monoisotopic (exact) mass is 380 g/mol. The lowest BCUT2D eigenvalue weighted by Crippen LogP contribution is -2.27. The normalized spacial score (nSPS) is 18.5. The molecular weight excluding hydrogens is 364 g/mol. The minimum absolute atomic E-state index is 0.00425. The van der Waals surface area contributed by atoms with Crippen LogP contribution in [0.1, 0.15) is 33.9 Å². The number of fused-ring (bicyclic) bond motifs is 1. The van der Waals surface area contributed by atoms with Gasteiger partial charge >= 0.3 is 0 Å². The smallest absolute Gasteiger partial charge is 0.251 e. The molecule has 1 aliphatic rings. The summed E-state index contributed by atoms with van der Waals surface area (Å²) >= 11 is 10.8. The zero-order valence-electron chi connectivity index (χ0n) is 13.0. The largest absolute Gasteiger partial charge is 0.345 e. The van der Waals surface area contributed by atoms with Gasteiger partial charge in [-0.2, -0.15) is 0 Å². The average Bonchev–Trinajstić information content (AvgIpc) is 2.88. The summed E-state index contributed by atoms with van der Waals surface area (Å²) in [6.07, 6.45) is 3.23. The van der Waals surface area contributed by atoms with E-state index < -0.39 is 8.68 Å². The Hall–Kier alpha value is -1.63. The summed E-state index contributed by atoms with van der Waals surface area (Å²) in [5, 5.41) is 3.78. The second kappa shape index (κ2) is 6.70. The van der Waals surface area contributed by atoms with E-state index in [0.29, 0.717) is 11.3 Å². The number of benzene rings is 2. The van der Waals surface area contributed by atoms with Crippen LogP contribution in [0.2, 0.25) is 5.02 Å². The van der Waals surface area contributed by atoms with E-state index in [-0.39, 0.29) is 11.9 Å². The Labute approximate surface area is 151 Å². The standard InChI is InChI=1S/C17H17ClN2O2S2/c1-24(22,23)20-14-6-2-11(3-7-14)17(21)19-16-9-4-12-10-13(18)5-8-15(12)16/h2-3,5-8,10,16,20H,4,9H2,1H3,(H,19,21). The first-order valence-corrected chi connectivity index (χ1v) is 10.8. The maximum absolute atomic E-state index is 12.4. The van der Waals surface area contributed by atoms with Crippen molar-refractivity contribution in [2.45, 2.75) is 18.9 Å². The first-order valence-electron chi connectivity index (χ1n) is 7.49. The molecule has 0 bridgehead atoms. The van der Waals surface area contributed by atoms with E-state index >= 15 is 0 Å². The summed E-state index contributed by atoms with van der Waals surface area (Å²) in [5.41, 5.74) is 3.50. The summed E-state index contributed by atoms with van der Waals surface area (Å²) in [6.45, 7) is 0. The highest BCUT2D eigenvalue weighted by Crippen LogP contribution is 2.33.